The fraction of sp³-hybridized carbons (Fsp3) is 0.263. The van der Waals surface area contributed by atoms with Crippen LogP contribution in [0.15, 0.2) is 41.9 Å². The third kappa shape index (κ3) is 3.09. The number of ether oxygens (including phenoxy) is 4. The van der Waals surface area contributed by atoms with Gasteiger partial charge in [0.2, 0.25) is 0 Å². The zero-order chi connectivity index (χ0) is 22.0. The average Bonchev–Trinajstić information content (AvgIpc) is 2.79. The van der Waals surface area contributed by atoms with Gasteiger partial charge in [0.15, 0.2) is 17.6 Å². The molecule has 0 saturated carbocycles. The van der Waals surface area contributed by atoms with Gasteiger partial charge in [-0.05, 0) is 11.6 Å². The first-order valence-corrected chi connectivity index (χ1v) is 8.62. The molecular weight excluding hydrogens is 398 g/mol. The van der Waals surface area contributed by atoms with Crippen LogP contribution in [0.3, 0.4) is 0 Å². The molecule has 1 aromatic rings. The Morgan fingerprint density at radius 3 is 2.00 bits per heavy atom. The lowest BCUT2D eigenvalue weighted by Crippen LogP contribution is -2.60. The predicted octanol–water partition coefficient (Wildman–Crippen LogP) is 1.59. The Bertz CT molecular complexity index is 970. The van der Waals surface area contributed by atoms with Crippen LogP contribution >= 0.6 is 0 Å². The molecule has 2 aliphatic rings. The SMILES string of the molecule is COC(=O)C1=C(C(=O)OC)N(C(=O)OC)N(C(=O)OC)C2c3ccccc3C=CN12. The normalized spacial score (nSPS) is 17.1. The van der Waals surface area contributed by atoms with E-state index >= 15 is 0 Å². The van der Waals surface area contributed by atoms with Gasteiger partial charge in [0, 0.05) is 11.8 Å². The highest BCUT2D eigenvalue weighted by Gasteiger charge is 2.52. The van der Waals surface area contributed by atoms with E-state index in [0.29, 0.717) is 10.6 Å². The third-order valence-corrected chi connectivity index (χ3v) is 4.56. The van der Waals surface area contributed by atoms with Crippen LogP contribution in [-0.4, -0.2) is 67.5 Å². The maximum absolute atomic E-state index is 12.8. The van der Waals surface area contributed by atoms with Gasteiger partial charge in [-0.2, -0.15) is 10.0 Å². The van der Waals surface area contributed by atoms with Gasteiger partial charge >= 0.3 is 24.1 Å². The molecule has 0 fully saturated rings. The van der Waals surface area contributed by atoms with Crippen molar-refractivity contribution in [2.45, 2.75) is 6.17 Å². The summed E-state index contributed by atoms with van der Waals surface area (Å²) in [5.74, 6) is -2.00. The van der Waals surface area contributed by atoms with E-state index in [2.05, 4.69) is 0 Å². The molecule has 2 aliphatic heterocycles. The van der Waals surface area contributed by atoms with Gasteiger partial charge in [-0.3, -0.25) is 0 Å². The van der Waals surface area contributed by atoms with Crippen LogP contribution in [-0.2, 0) is 28.5 Å². The van der Waals surface area contributed by atoms with Gasteiger partial charge in [-0.15, -0.1) is 0 Å². The van der Waals surface area contributed by atoms with Crippen LogP contribution in [0.5, 0.6) is 0 Å². The van der Waals surface area contributed by atoms with Crippen LogP contribution in [0.25, 0.3) is 6.08 Å². The van der Waals surface area contributed by atoms with E-state index in [1.165, 1.54) is 11.1 Å². The van der Waals surface area contributed by atoms with Crippen molar-refractivity contribution < 1.29 is 38.1 Å². The monoisotopic (exact) mass is 417 g/mol. The highest BCUT2D eigenvalue weighted by atomic mass is 16.6. The molecule has 1 unspecified atom stereocenters. The van der Waals surface area contributed by atoms with Crippen LogP contribution in [0, 0.1) is 0 Å². The lowest BCUT2D eigenvalue weighted by Gasteiger charge is -2.48. The molecule has 1 atom stereocenters. The summed E-state index contributed by atoms with van der Waals surface area (Å²) in [6.07, 6.45) is 0.0274. The highest BCUT2D eigenvalue weighted by molar-refractivity contribution is 6.03. The van der Waals surface area contributed by atoms with Gasteiger partial charge in [-0.1, -0.05) is 24.3 Å². The second-order valence-corrected chi connectivity index (χ2v) is 6.00. The number of methoxy groups -OCH3 is 4. The molecule has 0 spiro atoms. The predicted molar refractivity (Wildman–Crippen MR) is 99.6 cm³/mol. The summed E-state index contributed by atoms with van der Waals surface area (Å²) in [5.41, 5.74) is 0.403. The first-order valence-electron chi connectivity index (χ1n) is 8.62. The van der Waals surface area contributed by atoms with Crippen molar-refractivity contribution in [3.8, 4) is 0 Å². The van der Waals surface area contributed by atoms with Gasteiger partial charge < -0.3 is 23.8 Å². The van der Waals surface area contributed by atoms with Gasteiger partial charge in [0.1, 0.15) is 0 Å². The number of benzene rings is 1. The van der Waals surface area contributed by atoms with Crippen LogP contribution in [0.4, 0.5) is 9.59 Å². The maximum Gasteiger partial charge on any atom is 0.433 e. The number of carbonyl (C=O) groups excluding carboxylic acids is 4. The van der Waals surface area contributed by atoms with Crippen LogP contribution < -0.4 is 0 Å². The summed E-state index contributed by atoms with van der Waals surface area (Å²) in [6.45, 7) is 0. The van der Waals surface area contributed by atoms with Crippen molar-refractivity contribution in [1.82, 2.24) is 14.9 Å². The third-order valence-electron chi connectivity index (χ3n) is 4.56. The first kappa shape index (κ1) is 20.7. The maximum atomic E-state index is 12.8. The Morgan fingerprint density at radius 1 is 0.800 bits per heavy atom. The number of hydrogen-bond acceptors (Lipinski definition) is 9. The largest absolute Gasteiger partial charge is 0.464 e. The van der Waals surface area contributed by atoms with Crippen molar-refractivity contribution >= 4 is 30.2 Å². The topological polar surface area (TPSA) is 115 Å². The molecular formula is C19H19N3O8. The number of amides is 2. The summed E-state index contributed by atoms with van der Waals surface area (Å²) in [5, 5.41) is 1.48. The van der Waals surface area contributed by atoms with Crippen molar-refractivity contribution in [2.75, 3.05) is 28.4 Å². The lowest BCUT2D eigenvalue weighted by atomic mass is 9.98. The summed E-state index contributed by atoms with van der Waals surface area (Å²) >= 11 is 0. The van der Waals surface area contributed by atoms with Crippen molar-refractivity contribution in [3.05, 3.63) is 53.0 Å². The summed E-state index contributed by atoms with van der Waals surface area (Å²) in [4.78, 5) is 52.1. The number of hydrogen-bond donors (Lipinski definition) is 0. The molecule has 0 aliphatic carbocycles. The van der Waals surface area contributed by atoms with Crippen molar-refractivity contribution in [2.24, 2.45) is 0 Å². The van der Waals surface area contributed by atoms with Crippen LogP contribution in [0.1, 0.15) is 17.3 Å². The zero-order valence-electron chi connectivity index (χ0n) is 16.6. The summed E-state index contributed by atoms with van der Waals surface area (Å²) in [7, 11) is 4.36. The fourth-order valence-corrected chi connectivity index (χ4v) is 3.30. The minimum absolute atomic E-state index is 0.314. The number of fused-ring (bicyclic) bond motifs is 3. The average molecular weight is 417 g/mol. The molecule has 0 N–H and O–H groups in total. The number of nitrogens with zero attached hydrogens (tertiary/aromatic N) is 3. The molecule has 0 radical (unpaired) electrons. The molecule has 11 heteroatoms. The molecule has 30 heavy (non-hydrogen) atoms. The second kappa shape index (κ2) is 8.15. The standard InChI is InChI=1S/C19H19N3O8/c1-27-16(23)13-14(17(24)28-2)21(18(25)29-3)22(19(26)30-4)15-12-8-6-5-7-11(12)9-10-20(13)15/h5-10,15H,1-4H3. The second-order valence-electron chi connectivity index (χ2n) is 6.00. The number of hydrazine groups is 1. The summed E-state index contributed by atoms with van der Waals surface area (Å²) < 4.78 is 19.2. The highest BCUT2D eigenvalue weighted by Crippen LogP contribution is 2.43. The van der Waals surface area contributed by atoms with Crippen molar-refractivity contribution in [3.63, 3.8) is 0 Å². The molecule has 0 bridgehead atoms. The minimum atomic E-state index is -1.12. The Labute approximate surface area is 171 Å². The van der Waals surface area contributed by atoms with E-state index in [0.717, 1.165) is 39.0 Å². The van der Waals surface area contributed by atoms with E-state index in [9.17, 15) is 19.2 Å². The Morgan fingerprint density at radius 2 is 1.40 bits per heavy atom. The smallest absolute Gasteiger partial charge is 0.433 e. The van der Waals surface area contributed by atoms with E-state index in [1.807, 2.05) is 0 Å². The number of rotatable bonds is 2. The van der Waals surface area contributed by atoms with E-state index in [1.54, 1.807) is 30.3 Å². The zero-order valence-corrected chi connectivity index (χ0v) is 16.6. The number of esters is 2. The number of carbonyl (C=O) groups is 4. The Hall–Kier alpha value is -4.02. The van der Waals surface area contributed by atoms with Gasteiger partial charge in [0.25, 0.3) is 0 Å². The molecule has 11 nitrogen and oxygen atoms in total. The Kier molecular flexibility index (Phi) is 5.63. The molecule has 158 valence electrons. The van der Waals surface area contributed by atoms with Gasteiger partial charge in [-0.25, -0.2) is 19.2 Å². The molecule has 3 rings (SSSR count). The van der Waals surface area contributed by atoms with E-state index in [4.69, 9.17) is 18.9 Å². The molecule has 2 heterocycles. The summed E-state index contributed by atoms with van der Waals surface area (Å²) in [6, 6.07) is 7.02. The lowest BCUT2D eigenvalue weighted by molar-refractivity contribution is -0.150. The molecule has 0 saturated heterocycles. The first-order chi connectivity index (χ1) is 14.4. The Balaban J connectivity index is 2.40. The van der Waals surface area contributed by atoms with E-state index in [-0.39, 0.29) is 5.70 Å². The molecule has 2 amide bonds. The minimum Gasteiger partial charge on any atom is -0.464 e. The van der Waals surface area contributed by atoms with Crippen LogP contribution in [0.2, 0.25) is 0 Å². The molecule has 0 aromatic heterocycles. The van der Waals surface area contributed by atoms with Gasteiger partial charge in [0.05, 0.1) is 28.4 Å². The molecule has 1 aromatic carbocycles. The van der Waals surface area contributed by atoms with Crippen molar-refractivity contribution in [1.29, 1.82) is 0 Å². The van der Waals surface area contributed by atoms with E-state index < -0.39 is 36.0 Å². The fourth-order valence-electron chi connectivity index (χ4n) is 3.30. The quantitative estimate of drug-likeness (QED) is 0.523.